The average Bonchev–Trinajstić information content (AvgIpc) is 3.06. The smallest absolute Gasteiger partial charge is 0.295 e. The number of benzene rings is 1. The molecule has 0 bridgehead atoms. The van der Waals surface area contributed by atoms with Crippen LogP contribution in [0.4, 0.5) is 8.78 Å². The molecule has 1 spiro atoms. The average molecular weight is 349 g/mol. The SMILES string of the molecule is O=C(c1cccc2[nH]c(C(F)F)nc12)N1CCOC2(CCCCC2)C1. The number of ether oxygens (including phenoxy) is 1. The first-order valence-electron chi connectivity index (χ1n) is 8.78. The molecule has 7 heteroatoms. The molecule has 1 aliphatic heterocycles. The highest BCUT2D eigenvalue weighted by Crippen LogP contribution is 2.35. The summed E-state index contributed by atoms with van der Waals surface area (Å²) < 4.78 is 31.9. The van der Waals surface area contributed by atoms with E-state index in [0.29, 0.717) is 36.3 Å². The van der Waals surface area contributed by atoms with Crippen LogP contribution in [0, 0.1) is 0 Å². The van der Waals surface area contributed by atoms with Crippen molar-refractivity contribution in [3.8, 4) is 0 Å². The van der Waals surface area contributed by atoms with E-state index in [0.717, 1.165) is 25.7 Å². The monoisotopic (exact) mass is 349 g/mol. The predicted octanol–water partition coefficient (Wildman–Crippen LogP) is 3.68. The van der Waals surface area contributed by atoms with E-state index >= 15 is 0 Å². The zero-order valence-corrected chi connectivity index (χ0v) is 13.9. The Morgan fingerprint density at radius 2 is 2.08 bits per heavy atom. The Balaban J connectivity index is 1.63. The van der Waals surface area contributed by atoms with Crippen molar-refractivity contribution in [1.29, 1.82) is 0 Å². The second-order valence-corrected chi connectivity index (χ2v) is 6.94. The lowest BCUT2D eigenvalue weighted by atomic mass is 9.83. The summed E-state index contributed by atoms with van der Waals surface area (Å²) >= 11 is 0. The van der Waals surface area contributed by atoms with Gasteiger partial charge in [-0.25, -0.2) is 13.8 Å². The minimum atomic E-state index is -2.69. The summed E-state index contributed by atoms with van der Waals surface area (Å²) in [6.07, 6.45) is 2.70. The van der Waals surface area contributed by atoms with E-state index in [1.807, 2.05) is 0 Å². The van der Waals surface area contributed by atoms with Gasteiger partial charge in [-0.1, -0.05) is 25.3 Å². The van der Waals surface area contributed by atoms with Crippen molar-refractivity contribution in [2.24, 2.45) is 0 Å². The number of carbonyl (C=O) groups excluding carboxylic acids is 1. The third-order valence-electron chi connectivity index (χ3n) is 5.27. The Bertz CT molecular complexity index is 778. The first-order valence-corrected chi connectivity index (χ1v) is 8.78. The maximum atomic E-state index is 13.0. The van der Waals surface area contributed by atoms with Crippen molar-refractivity contribution in [2.75, 3.05) is 19.7 Å². The maximum Gasteiger partial charge on any atom is 0.295 e. The molecular weight excluding hydrogens is 328 g/mol. The van der Waals surface area contributed by atoms with E-state index in [1.54, 1.807) is 23.1 Å². The van der Waals surface area contributed by atoms with Gasteiger partial charge in [0.2, 0.25) is 0 Å². The Morgan fingerprint density at radius 3 is 2.84 bits per heavy atom. The first-order chi connectivity index (χ1) is 12.1. The van der Waals surface area contributed by atoms with Crippen molar-refractivity contribution in [3.63, 3.8) is 0 Å². The second-order valence-electron chi connectivity index (χ2n) is 6.94. The van der Waals surface area contributed by atoms with Crippen LogP contribution in [0.3, 0.4) is 0 Å². The molecule has 1 saturated heterocycles. The number of amides is 1. The van der Waals surface area contributed by atoms with Crippen molar-refractivity contribution >= 4 is 16.9 Å². The van der Waals surface area contributed by atoms with Crippen molar-refractivity contribution in [2.45, 2.75) is 44.1 Å². The maximum absolute atomic E-state index is 13.0. The van der Waals surface area contributed by atoms with Gasteiger partial charge in [-0.2, -0.15) is 0 Å². The molecule has 0 atom stereocenters. The van der Waals surface area contributed by atoms with Gasteiger partial charge in [0.15, 0.2) is 5.82 Å². The number of H-pyrrole nitrogens is 1. The number of alkyl halides is 2. The summed E-state index contributed by atoms with van der Waals surface area (Å²) in [5, 5.41) is 0. The third-order valence-corrected chi connectivity index (χ3v) is 5.27. The minimum absolute atomic E-state index is 0.161. The third kappa shape index (κ3) is 3.01. The molecule has 1 aliphatic carbocycles. The van der Waals surface area contributed by atoms with Gasteiger partial charge in [-0.3, -0.25) is 4.79 Å². The van der Waals surface area contributed by atoms with E-state index < -0.39 is 12.2 Å². The van der Waals surface area contributed by atoms with Gasteiger partial charge in [0.05, 0.1) is 29.8 Å². The Morgan fingerprint density at radius 1 is 1.28 bits per heavy atom. The fourth-order valence-corrected chi connectivity index (χ4v) is 4.01. The molecule has 134 valence electrons. The van der Waals surface area contributed by atoms with Gasteiger partial charge >= 0.3 is 0 Å². The van der Waals surface area contributed by atoms with Gasteiger partial charge in [0, 0.05) is 6.54 Å². The zero-order chi connectivity index (χ0) is 17.4. The number of imidazole rings is 1. The van der Waals surface area contributed by atoms with Gasteiger partial charge in [-0.05, 0) is 25.0 Å². The molecule has 4 rings (SSSR count). The molecule has 5 nitrogen and oxygen atoms in total. The summed E-state index contributed by atoms with van der Waals surface area (Å²) in [6, 6.07) is 5.01. The number of rotatable bonds is 2. The number of aromatic nitrogens is 2. The summed E-state index contributed by atoms with van der Waals surface area (Å²) in [5.41, 5.74) is 0.905. The lowest BCUT2D eigenvalue weighted by Crippen LogP contribution is -2.54. The van der Waals surface area contributed by atoms with Crippen molar-refractivity contribution in [1.82, 2.24) is 14.9 Å². The van der Waals surface area contributed by atoms with Crippen LogP contribution in [0.5, 0.6) is 0 Å². The van der Waals surface area contributed by atoms with Gasteiger partial charge in [0.1, 0.15) is 5.52 Å². The van der Waals surface area contributed by atoms with Crippen molar-refractivity contribution < 1.29 is 18.3 Å². The van der Waals surface area contributed by atoms with E-state index in [-0.39, 0.29) is 11.5 Å². The van der Waals surface area contributed by atoms with Crippen LogP contribution in [-0.2, 0) is 4.74 Å². The Labute approximate surface area is 144 Å². The van der Waals surface area contributed by atoms with Gasteiger partial charge in [0.25, 0.3) is 12.3 Å². The fraction of sp³-hybridized carbons (Fsp3) is 0.556. The number of fused-ring (bicyclic) bond motifs is 1. The standard InChI is InChI=1S/C18H21F2N3O2/c19-15(20)16-21-13-6-4-5-12(14(13)22-16)17(24)23-9-10-25-18(11-23)7-2-1-3-8-18/h4-6,15H,1-3,7-11H2,(H,21,22). The summed E-state index contributed by atoms with van der Waals surface area (Å²) in [6.45, 7) is 1.60. The van der Waals surface area contributed by atoms with Crippen molar-refractivity contribution in [3.05, 3.63) is 29.6 Å². The van der Waals surface area contributed by atoms with Crippen LogP contribution in [0.1, 0.15) is 54.7 Å². The number of carbonyl (C=O) groups is 1. The fourth-order valence-electron chi connectivity index (χ4n) is 4.01. The van der Waals surface area contributed by atoms with Crippen LogP contribution >= 0.6 is 0 Å². The Kier molecular flexibility index (Phi) is 4.19. The lowest BCUT2D eigenvalue weighted by Gasteiger charge is -2.45. The second kappa shape index (κ2) is 6.37. The number of hydrogen-bond acceptors (Lipinski definition) is 3. The summed E-state index contributed by atoms with van der Waals surface area (Å²) in [7, 11) is 0. The summed E-state index contributed by atoms with van der Waals surface area (Å²) in [5.74, 6) is -0.563. The molecule has 2 heterocycles. The normalized spacial score (nSPS) is 20.5. The number of nitrogens with zero attached hydrogens (tertiary/aromatic N) is 2. The van der Waals surface area contributed by atoms with E-state index in [1.165, 1.54) is 6.42 Å². The molecule has 2 fully saturated rings. The highest BCUT2D eigenvalue weighted by molar-refractivity contribution is 6.05. The van der Waals surface area contributed by atoms with Crippen LogP contribution in [0.25, 0.3) is 11.0 Å². The number of hydrogen-bond donors (Lipinski definition) is 1. The van der Waals surface area contributed by atoms with E-state index in [4.69, 9.17) is 4.74 Å². The highest BCUT2D eigenvalue weighted by atomic mass is 19.3. The van der Waals surface area contributed by atoms with Crippen LogP contribution < -0.4 is 0 Å². The van der Waals surface area contributed by atoms with Gasteiger partial charge < -0.3 is 14.6 Å². The molecule has 0 unspecified atom stereocenters. The molecule has 1 aromatic carbocycles. The van der Waals surface area contributed by atoms with Crippen LogP contribution in [0.2, 0.25) is 0 Å². The molecule has 1 amide bonds. The van der Waals surface area contributed by atoms with Gasteiger partial charge in [-0.15, -0.1) is 0 Å². The van der Waals surface area contributed by atoms with E-state index in [9.17, 15) is 13.6 Å². The first kappa shape index (κ1) is 16.4. The zero-order valence-electron chi connectivity index (χ0n) is 13.9. The number of para-hydroxylation sites is 1. The quantitative estimate of drug-likeness (QED) is 0.900. The molecule has 2 aromatic rings. The topological polar surface area (TPSA) is 58.2 Å². The molecule has 1 aromatic heterocycles. The number of aromatic amines is 1. The number of nitrogens with one attached hydrogen (secondary N) is 1. The molecule has 1 saturated carbocycles. The number of morpholine rings is 1. The van der Waals surface area contributed by atoms with Crippen LogP contribution in [-0.4, -0.2) is 46.1 Å². The molecule has 1 N–H and O–H groups in total. The number of halogens is 2. The largest absolute Gasteiger partial charge is 0.371 e. The molecular formula is C18H21F2N3O2. The Hall–Kier alpha value is -2.02. The van der Waals surface area contributed by atoms with Crippen LogP contribution in [0.15, 0.2) is 18.2 Å². The predicted molar refractivity (Wildman–Crippen MR) is 88.7 cm³/mol. The minimum Gasteiger partial charge on any atom is -0.371 e. The highest BCUT2D eigenvalue weighted by Gasteiger charge is 2.39. The molecule has 2 aliphatic rings. The lowest BCUT2D eigenvalue weighted by molar-refractivity contribution is -0.117. The molecule has 0 radical (unpaired) electrons. The van der Waals surface area contributed by atoms with E-state index in [2.05, 4.69) is 9.97 Å². The summed E-state index contributed by atoms with van der Waals surface area (Å²) in [4.78, 5) is 21.4. The molecule has 25 heavy (non-hydrogen) atoms.